The third kappa shape index (κ3) is 25.4. The fourth-order valence-corrected chi connectivity index (χ4v) is 11.8. The predicted molar refractivity (Wildman–Crippen MR) is 262 cm³/mol. The van der Waals surface area contributed by atoms with Gasteiger partial charge in [-0.15, -0.1) is 0 Å². The van der Waals surface area contributed by atoms with Gasteiger partial charge in [0.2, 0.25) is 0 Å². The molecule has 4 aliphatic carbocycles. The van der Waals surface area contributed by atoms with E-state index in [0.29, 0.717) is 11.0 Å². The molecular weight excluding hydrogens is 793 g/mol. The zero-order valence-corrected chi connectivity index (χ0v) is 43.3. The third-order valence-electron chi connectivity index (χ3n) is 15.8. The molecule has 0 heterocycles. The van der Waals surface area contributed by atoms with E-state index in [4.69, 9.17) is 0 Å². The number of carboxylic acid groups (broad SMARTS) is 3. The van der Waals surface area contributed by atoms with Crippen LogP contribution in [0.3, 0.4) is 0 Å². The van der Waals surface area contributed by atoms with Crippen molar-refractivity contribution in [2.45, 2.75) is 285 Å². The second kappa shape index (κ2) is 36.7. The van der Waals surface area contributed by atoms with Crippen molar-refractivity contribution in [3.8, 4) is 0 Å². The minimum atomic E-state index is -0.903. The normalized spacial score (nSPS) is 23.3. The van der Waals surface area contributed by atoms with Crippen LogP contribution in [0, 0.1) is 28.6 Å². The number of aliphatic carboxylic acids is 3. The van der Waals surface area contributed by atoms with Crippen LogP contribution in [-0.2, 0) is 14.4 Å². The van der Waals surface area contributed by atoms with Crippen molar-refractivity contribution in [1.29, 1.82) is 0 Å². The Bertz CT molecular complexity index is 1220. The minimum absolute atomic E-state index is 0. The van der Waals surface area contributed by atoms with E-state index in [9.17, 15) is 29.7 Å². The van der Waals surface area contributed by atoms with E-state index < -0.39 is 17.9 Å². The van der Waals surface area contributed by atoms with Crippen LogP contribution in [0.2, 0.25) is 0 Å². The molecule has 0 bridgehead atoms. The maximum atomic E-state index is 11.3. The van der Waals surface area contributed by atoms with Gasteiger partial charge in [-0.2, -0.15) is 0 Å². The van der Waals surface area contributed by atoms with Crippen LogP contribution in [0.25, 0.3) is 0 Å². The third-order valence-corrected chi connectivity index (χ3v) is 15.8. The topological polar surface area (TPSA) is 118 Å². The first-order chi connectivity index (χ1) is 30.0. The molecule has 5 atom stereocenters. The van der Waals surface area contributed by atoms with Gasteiger partial charge in [0, 0.05) is 17.5 Å². The Labute approximate surface area is 405 Å². The fraction of sp³-hybridized carbons (Fsp3) is 0.875. The molecule has 360 valence electrons. The zero-order chi connectivity index (χ0) is 45.3. The van der Waals surface area contributed by atoms with Crippen molar-refractivity contribution in [1.82, 2.24) is 0 Å². The summed E-state index contributed by atoms with van der Waals surface area (Å²) >= 11 is 0. The second-order valence-corrected chi connectivity index (χ2v) is 20.9. The summed E-state index contributed by atoms with van der Waals surface area (Å²) in [6.45, 7) is 9.49. The monoisotopic (exact) mass is 891 g/mol. The summed E-state index contributed by atoms with van der Waals surface area (Å²) in [6, 6.07) is 0. The molecule has 7 heteroatoms. The molecule has 0 aliphatic heterocycles. The van der Waals surface area contributed by atoms with Crippen molar-refractivity contribution in [3.05, 3.63) is 23.3 Å². The summed E-state index contributed by atoms with van der Waals surface area (Å²) in [4.78, 5) is 31.8. The quantitative estimate of drug-likeness (QED) is 0.0518. The Morgan fingerprint density at radius 3 is 1.30 bits per heavy atom. The van der Waals surface area contributed by atoms with Crippen LogP contribution in [-0.4, -0.2) is 46.1 Å². The molecule has 4 rings (SSSR count). The van der Waals surface area contributed by atoms with E-state index in [2.05, 4.69) is 33.8 Å². The average molecular weight is 892 g/mol. The van der Waals surface area contributed by atoms with Gasteiger partial charge in [0.05, 0.1) is 0 Å². The van der Waals surface area contributed by atoms with Crippen LogP contribution < -0.4 is 10.2 Å². The van der Waals surface area contributed by atoms with Crippen molar-refractivity contribution in [2.75, 3.05) is 0 Å². The van der Waals surface area contributed by atoms with Crippen LogP contribution in [0.5, 0.6) is 0 Å². The van der Waals surface area contributed by atoms with Crippen LogP contribution in [0.4, 0.5) is 0 Å². The van der Waals surface area contributed by atoms with Crippen LogP contribution in [0.1, 0.15) is 285 Å². The van der Waals surface area contributed by atoms with E-state index in [1.165, 1.54) is 211 Å². The predicted octanol–water partition coefficient (Wildman–Crippen LogP) is 14.6. The van der Waals surface area contributed by atoms with Crippen LogP contribution >= 0.6 is 0 Å². The maximum Gasteiger partial charge on any atom is 2.00 e. The molecule has 0 unspecified atom stereocenters. The number of hydrogen-bond acceptors (Lipinski definition) is 5. The Balaban J connectivity index is 0.000000470. The molecule has 0 saturated heterocycles. The SMILES string of the molecule is CCCCCCCCCCCCCCCCCC(=O)[O-].CCCCCCCCCCCCCCCCCC(=O)[O-].C[C@@]12CCC[C@H]1[C@@H]1CC=C3C=C(C(=O)O)CC[C@]3(C)[C@H]1CC2.[Mg+2]. The van der Waals surface area contributed by atoms with Gasteiger partial charge in [-0.3, -0.25) is 0 Å². The molecule has 0 aromatic carbocycles. The number of carbonyl (C=O) groups excluding carboxylic acids is 2. The van der Waals surface area contributed by atoms with E-state index in [0.717, 1.165) is 56.3 Å². The van der Waals surface area contributed by atoms with Crippen molar-refractivity contribution >= 4 is 41.0 Å². The smallest absolute Gasteiger partial charge is 0.550 e. The summed E-state index contributed by atoms with van der Waals surface area (Å²) in [7, 11) is 0. The number of carbonyl (C=O) groups is 3. The number of allylic oxidation sites excluding steroid dienone is 3. The zero-order valence-electron chi connectivity index (χ0n) is 41.9. The molecule has 4 aliphatic rings. The first-order valence-corrected chi connectivity index (χ1v) is 27.0. The van der Waals surface area contributed by atoms with Gasteiger partial charge in [-0.05, 0) is 111 Å². The molecule has 0 radical (unpaired) electrons. The first kappa shape index (κ1) is 59.7. The molecule has 0 amide bonds. The summed E-state index contributed by atoms with van der Waals surface area (Å²) in [5.74, 6) is -0.00718. The van der Waals surface area contributed by atoms with Crippen molar-refractivity contribution < 1.29 is 29.7 Å². The van der Waals surface area contributed by atoms with Gasteiger partial charge in [-0.1, -0.05) is 220 Å². The number of rotatable bonds is 33. The van der Waals surface area contributed by atoms with E-state index in [1.54, 1.807) is 0 Å². The average Bonchev–Trinajstić information content (AvgIpc) is 3.65. The molecule has 1 N–H and O–H groups in total. The fourth-order valence-electron chi connectivity index (χ4n) is 11.8. The summed E-state index contributed by atoms with van der Waals surface area (Å²) in [6.07, 6.45) is 54.1. The van der Waals surface area contributed by atoms with Gasteiger partial charge in [-0.25, -0.2) is 4.79 Å². The molecule has 0 aromatic heterocycles. The number of fused-ring (bicyclic) bond motifs is 5. The van der Waals surface area contributed by atoms with Crippen LogP contribution in [0.15, 0.2) is 23.3 Å². The second-order valence-electron chi connectivity index (χ2n) is 20.9. The molecule has 0 spiro atoms. The number of carboxylic acids is 3. The molecule has 0 aromatic rings. The van der Waals surface area contributed by atoms with Gasteiger partial charge < -0.3 is 24.9 Å². The van der Waals surface area contributed by atoms with Crippen molar-refractivity contribution in [2.24, 2.45) is 28.6 Å². The number of hydrogen-bond donors (Lipinski definition) is 1. The Hall–Kier alpha value is -1.34. The first-order valence-electron chi connectivity index (χ1n) is 27.0. The van der Waals surface area contributed by atoms with Gasteiger partial charge in [0.1, 0.15) is 0 Å². The Morgan fingerprint density at radius 2 is 0.937 bits per heavy atom. The Morgan fingerprint density at radius 1 is 0.556 bits per heavy atom. The van der Waals surface area contributed by atoms with Gasteiger partial charge >= 0.3 is 29.0 Å². The molecule has 2 fully saturated rings. The van der Waals surface area contributed by atoms with Crippen molar-refractivity contribution in [3.63, 3.8) is 0 Å². The van der Waals surface area contributed by atoms with E-state index >= 15 is 0 Å². The largest absolute Gasteiger partial charge is 2.00 e. The molecule has 2 saturated carbocycles. The van der Waals surface area contributed by atoms with Gasteiger partial charge in [0.15, 0.2) is 0 Å². The molecule has 6 nitrogen and oxygen atoms in total. The summed E-state index contributed by atoms with van der Waals surface area (Å²) < 4.78 is 0. The van der Waals surface area contributed by atoms with E-state index in [-0.39, 0.29) is 41.3 Å². The standard InChI is InChI=1S/C20H28O2.2C18H36O2.Mg/c1-19-9-3-4-16(19)15-6-5-14-12-13(18(21)22)7-11-20(14,2)17(15)8-10-19;2*1-2-3-4-5-6-7-8-9-10-11-12-13-14-15-16-17-18(19)20;/h5,12,15-17H,3-4,6-11H2,1-2H3,(H,21,22);2*2-17H2,1H3,(H,19,20);/q;;;+2/p-2/t15-,16-,17-,19-,20-;;;/m0.../s1. The minimum Gasteiger partial charge on any atom is -0.550 e. The maximum absolute atomic E-state index is 11.3. The molecular formula is C56H98MgO6. The van der Waals surface area contributed by atoms with Gasteiger partial charge in [0.25, 0.3) is 0 Å². The molecule has 63 heavy (non-hydrogen) atoms. The number of unbranched alkanes of at least 4 members (excludes halogenated alkanes) is 28. The van der Waals surface area contributed by atoms with E-state index in [1.807, 2.05) is 6.08 Å². The summed E-state index contributed by atoms with van der Waals surface area (Å²) in [5, 5.41) is 29.8. The Kier molecular flexibility index (Phi) is 34.8. The summed E-state index contributed by atoms with van der Waals surface area (Å²) in [5.41, 5.74) is 2.77.